The maximum Gasteiger partial charge on any atom is 0.0969 e. The van der Waals surface area contributed by atoms with Crippen LogP contribution in [0.2, 0.25) is 10.0 Å². The molecular weight excluding hydrogens is 287 g/mol. The van der Waals surface area contributed by atoms with Crippen LogP contribution in [0.5, 0.6) is 0 Å². The molecule has 0 aliphatic heterocycles. The van der Waals surface area contributed by atoms with Gasteiger partial charge in [-0.2, -0.15) is 5.10 Å². The number of ether oxygens (including phenoxy) is 1. The summed E-state index contributed by atoms with van der Waals surface area (Å²) in [5.74, 6) is 0. The Hall–Kier alpha value is -1.07. The highest BCUT2D eigenvalue weighted by Gasteiger charge is 2.07. The summed E-state index contributed by atoms with van der Waals surface area (Å²) in [6.45, 7) is 0.925. The summed E-state index contributed by atoms with van der Waals surface area (Å²) in [6, 6.07) is 7.46. The average Bonchev–Trinajstić information content (AvgIpc) is 2.77. The molecule has 1 heterocycles. The zero-order chi connectivity index (χ0) is 13.7. The van der Waals surface area contributed by atoms with E-state index in [1.807, 2.05) is 24.3 Å². The first-order valence-corrected chi connectivity index (χ1v) is 6.58. The van der Waals surface area contributed by atoms with Gasteiger partial charge in [0, 0.05) is 11.2 Å². The lowest BCUT2D eigenvalue weighted by Crippen LogP contribution is -2.22. The minimum Gasteiger partial charge on any atom is -0.389 e. The van der Waals surface area contributed by atoms with Gasteiger partial charge in [-0.15, -0.1) is 0 Å². The van der Waals surface area contributed by atoms with Gasteiger partial charge in [0.15, 0.2) is 0 Å². The number of halogens is 2. The number of hydrogen-bond acceptors (Lipinski definition) is 3. The Kier molecular flexibility index (Phi) is 5.22. The normalized spacial score (nSPS) is 12.6. The monoisotopic (exact) mass is 300 g/mol. The Labute approximate surface area is 121 Å². The molecule has 0 radical (unpaired) electrons. The van der Waals surface area contributed by atoms with E-state index in [1.54, 1.807) is 10.9 Å². The molecule has 19 heavy (non-hydrogen) atoms. The van der Waals surface area contributed by atoms with Crippen LogP contribution in [0.4, 0.5) is 0 Å². The number of aliphatic hydroxyl groups excluding tert-OH is 1. The molecule has 0 fully saturated rings. The smallest absolute Gasteiger partial charge is 0.0969 e. The van der Waals surface area contributed by atoms with Crippen LogP contribution in [0, 0.1) is 0 Å². The molecule has 0 spiro atoms. The third-order valence-corrected chi connectivity index (χ3v) is 3.09. The zero-order valence-corrected chi connectivity index (χ0v) is 11.7. The van der Waals surface area contributed by atoms with E-state index < -0.39 is 6.10 Å². The summed E-state index contributed by atoms with van der Waals surface area (Å²) in [7, 11) is 0. The molecule has 1 aromatic carbocycles. The molecule has 1 unspecified atom stereocenters. The lowest BCUT2D eigenvalue weighted by molar-refractivity contribution is 0.0187. The first-order valence-electron chi connectivity index (χ1n) is 5.82. The number of aromatic nitrogens is 2. The Morgan fingerprint density at radius 1 is 1.32 bits per heavy atom. The third kappa shape index (κ3) is 4.51. The Balaban J connectivity index is 1.75. The fraction of sp³-hybridized carbons (Fsp3) is 0.308. The van der Waals surface area contributed by atoms with Gasteiger partial charge in [-0.3, -0.25) is 4.68 Å². The Bertz CT molecular complexity index is 531. The van der Waals surface area contributed by atoms with Crippen LogP contribution < -0.4 is 0 Å². The number of rotatable bonds is 6. The van der Waals surface area contributed by atoms with E-state index in [0.29, 0.717) is 23.2 Å². The van der Waals surface area contributed by atoms with E-state index in [4.69, 9.17) is 27.9 Å². The van der Waals surface area contributed by atoms with E-state index >= 15 is 0 Å². The van der Waals surface area contributed by atoms with Crippen molar-refractivity contribution in [3.05, 3.63) is 52.3 Å². The summed E-state index contributed by atoms with van der Waals surface area (Å²) >= 11 is 11.7. The summed E-state index contributed by atoms with van der Waals surface area (Å²) in [6.07, 6.45) is 2.54. The van der Waals surface area contributed by atoms with E-state index in [9.17, 15) is 5.11 Å². The van der Waals surface area contributed by atoms with Crippen LogP contribution in [0.15, 0.2) is 36.7 Å². The average molecular weight is 301 g/mol. The fourth-order valence-electron chi connectivity index (χ4n) is 1.63. The van der Waals surface area contributed by atoms with Crippen LogP contribution in [0.25, 0.3) is 0 Å². The summed E-state index contributed by atoms with van der Waals surface area (Å²) in [5, 5.41) is 15.0. The van der Waals surface area contributed by atoms with Gasteiger partial charge in [0.2, 0.25) is 0 Å². The van der Waals surface area contributed by atoms with Crippen molar-refractivity contribution in [2.75, 3.05) is 6.61 Å². The summed E-state index contributed by atoms with van der Waals surface area (Å²) < 4.78 is 7.01. The van der Waals surface area contributed by atoms with Crippen LogP contribution in [-0.4, -0.2) is 27.6 Å². The number of aliphatic hydroxyl groups is 1. The molecule has 0 saturated heterocycles. The van der Waals surface area contributed by atoms with Gasteiger partial charge in [-0.1, -0.05) is 41.4 Å². The van der Waals surface area contributed by atoms with Crippen molar-refractivity contribution in [3.63, 3.8) is 0 Å². The molecule has 1 atom stereocenters. The fourth-order valence-corrected chi connectivity index (χ4v) is 1.97. The molecule has 0 aliphatic rings. The van der Waals surface area contributed by atoms with Crippen molar-refractivity contribution in [2.24, 2.45) is 0 Å². The lowest BCUT2D eigenvalue weighted by Gasteiger charge is -2.12. The van der Waals surface area contributed by atoms with E-state index in [-0.39, 0.29) is 6.61 Å². The Morgan fingerprint density at radius 2 is 2.11 bits per heavy atom. The summed E-state index contributed by atoms with van der Waals surface area (Å²) in [4.78, 5) is 0. The van der Waals surface area contributed by atoms with Crippen LogP contribution in [-0.2, 0) is 17.9 Å². The largest absolute Gasteiger partial charge is 0.389 e. The lowest BCUT2D eigenvalue weighted by atomic mass is 10.2. The highest BCUT2D eigenvalue weighted by atomic mass is 35.5. The highest BCUT2D eigenvalue weighted by molar-refractivity contribution is 6.31. The molecule has 0 amide bonds. The van der Waals surface area contributed by atoms with E-state index in [0.717, 1.165) is 5.56 Å². The van der Waals surface area contributed by atoms with Gasteiger partial charge in [-0.25, -0.2) is 0 Å². The van der Waals surface area contributed by atoms with Crippen LogP contribution >= 0.6 is 23.2 Å². The van der Waals surface area contributed by atoms with E-state index in [1.165, 1.54) is 6.20 Å². The Morgan fingerprint density at radius 3 is 2.79 bits per heavy atom. The minimum atomic E-state index is -0.640. The van der Waals surface area contributed by atoms with Gasteiger partial charge in [0.1, 0.15) is 0 Å². The third-order valence-electron chi connectivity index (χ3n) is 2.53. The van der Waals surface area contributed by atoms with Gasteiger partial charge in [-0.05, 0) is 11.6 Å². The van der Waals surface area contributed by atoms with Crippen molar-refractivity contribution < 1.29 is 9.84 Å². The molecule has 0 bridgehead atoms. The molecule has 0 aliphatic carbocycles. The maximum atomic E-state index is 9.80. The van der Waals surface area contributed by atoms with Crippen molar-refractivity contribution >= 4 is 23.2 Å². The van der Waals surface area contributed by atoms with Gasteiger partial charge >= 0.3 is 0 Å². The summed E-state index contributed by atoms with van der Waals surface area (Å²) in [5.41, 5.74) is 0.901. The highest BCUT2D eigenvalue weighted by Crippen LogP contribution is 2.15. The topological polar surface area (TPSA) is 47.3 Å². The van der Waals surface area contributed by atoms with Crippen molar-refractivity contribution in [1.82, 2.24) is 9.78 Å². The standard InChI is InChI=1S/C13H14Cl2N2O2/c14-11-5-16-17(6-11)7-12(18)9-19-8-10-3-1-2-4-13(10)15/h1-6,12,18H,7-9H2. The molecule has 0 saturated carbocycles. The van der Waals surface area contributed by atoms with Crippen LogP contribution in [0.3, 0.4) is 0 Å². The first-order chi connectivity index (χ1) is 9.15. The first kappa shape index (κ1) is 14.3. The molecule has 2 aromatic rings. The second kappa shape index (κ2) is 6.91. The second-order valence-electron chi connectivity index (χ2n) is 4.14. The molecule has 2 rings (SSSR count). The molecule has 1 aromatic heterocycles. The molecule has 1 N–H and O–H groups in total. The van der Waals surface area contributed by atoms with Gasteiger partial charge in [0.25, 0.3) is 0 Å². The molecule has 6 heteroatoms. The van der Waals surface area contributed by atoms with Crippen molar-refractivity contribution in [2.45, 2.75) is 19.3 Å². The van der Waals surface area contributed by atoms with Crippen LogP contribution in [0.1, 0.15) is 5.56 Å². The quantitative estimate of drug-likeness (QED) is 0.892. The minimum absolute atomic E-state index is 0.211. The predicted molar refractivity (Wildman–Crippen MR) is 74.4 cm³/mol. The maximum absolute atomic E-state index is 9.80. The molecule has 4 nitrogen and oxygen atoms in total. The molecule has 102 valence electrons. The van der Waals surface area contributed by atoms with Gasteiger partial charge < -0.3 is 9.84 Å². The van der Waals surface area contributed by atoms with Gasteiger partial charge in [0.05, 0.1) is 37.1 Å². The van der Waals surface area contributed by atoms with Crippen molar-refractivity contribution in [1.29, 1.82) is 0 Å². The number of benzene rings is 1. The zero-order valence-electron chi connectivity index (χ0n) is 10.2. The number of hydrogen-bond donors (Lipinski definition) is 1. The number of nitrogens with zero attached hydrogens (tertiary/aromatic N) is 2. The van der Waals surface area contributed by atoms with E-state index in [2.05, 4.69) is 5.10 Å². The van der Waals surface area contributed by atoms with Crippen molar-refractivity contribution in [3.8, 4) is 0 Å². The predicted octanol–water partition coefficient (Wildman–Crippen LogP) is 2.77. The SMILES string of the molecule is OC(COCc1ccccc1Cl)Cn1cc(Cl)cn1. The second-order valence-corrected chi connectivity index (χ2v) is 4.98. The molecular formula is C13H14Cl2N2O2.